The molecule has 0 aromatic heterocycles. The summed E-state index contributed by atoms with van der Waals surface area (Å²) in [6, 6.07) is 4.71. The third-order valence-corrected chi connectivity index (χ3v) is 3.75. The number of halogens is 1. The smallest absolute Gasteiger partial charge is 0.242 e. The lowest BCUT2D eigenvalue weighted by Crippen LogP contribution is -2.46. The summed E-state index contributed by atoms with van der Waals surface area (Å²) < 4.78 is 0.871. The molecule has 0 radical (unpaired) electrons. The maximum Gasteiger partial charge on any atom is 0.242 e. The lowest BCUT2D eigenvalue weighted by Gasteiger charge is -2.30. The molecule has 1 atom stereocenters. The van der Waals surface area contributed by atoms with Crippen molar-refractivity contribution in [2.45, 2.75) is 18.9 Å². The van der Waals surface area contributed by atoms with E-state index in [2.05, 4.69) is 21.2 Å². The number of nitrogens with one attached hydrogen (secondary N) is 1. The minimum absolute atomic E-state index is 0.205. The predicted molar refractivity (Wildman–Crippen MR) is 90.2 cm³/mol. The Morgan fingerprint density at radius 1 is 1.32 bits per heavy atom. The summed E-state index contributed by atoms with van der Waals surface area (Å²) in [4.78, 5) is 37.6. The molecule has 22 heavy (non-hydrogen) atoms. The van der Waals surface area contributed by atoms with Gasteiger partial charge in [-0.3, -0.25) is 9.59 Å². The average Bonchev–Trinajstić information content (AvgIpc) is 2.51. The van der Waals surface area contributed by atoms with Gasteiger partial charge in [-0.1, -0.05) is 15.9 Å². The van der Waals surface area contributed by atoms with Gasteiger partial charge in [-0.15, -0.1) is 0 Å². The van der Waals surface area contributed by atoms with Crippen LogP contribution in [0.15, 0.2) is 22.7 Å². The van der Waals surface area contributed by atoms with E-state index in [0.717, 1.165) is 16.4 Å². The molecule has 0 bridgehead atoms. The van der Waals surface area contributed by atoms with Gasteiger partial charge in [0.05, 0.1) is 11.4 Å². The number of anilines is 2. The molecule has 0 aliphatic heterocycles. The maximum absolute atomic E-state index is 12.1. The highest BCUT2D eigenvalue weighted by Gasteiger charge is 2.27. The van der Waals surface area contributed by atoms with Crippen LogP contribution in [0.3, 0.4) is 0 Å². The lowest BCUT2D eigenvalue weighted by molar-refractivity contribution is -0.123. The van der Waals surface area contributed by atoms with E-state index >= 15 is 0 Å². The Kier molecular flexibility index (Phi) is 7.04. The molecule has 1 aromatic carbocycles. The zero-order valence-electron chi connectivity index (χ0n) is 12.9. The van der Waals surface area contributed by atoms with Gasteiger partial charge in [0.1, 0.15) is 12.3 Å². The number of rotatable bonds is 8. The largest absolute Gasteiger partial charge is 0.376 e. The predicted octanol–water partition coefficient (Wildman–Crippen LogP) is 1.57. The molecule has 0 heterocycles. The number of nitrogens with zero attached hydrogens (tertiary/aromatic N) is 2. The highest BCUT2D eigenvalue weighted by Crippen LogP contribution is 2.32. The minimum atomic E-state index is -0.729. The summed E-state index contributed by atoms with van der Waals surface area (Å²) in [6.07, 6.45) is 1.84. The van der Waals surface area contributed by atoms with E-state index in [4.69, 9.17) is 0 Å². The Bertz CT molecular complexity index is 549. The van der Waals surface area contributed by atoms with Crippen LogP contribution in [-0.4, -0.2) is 45.8 Å². The van der Waals surface area contributed by atoms with Crippen molar-refractivity contribution in [2.75, 3.05) is 30.9 Å². The van der Waals surface area contributed by atoms with Crippen LogP contribution in [0.25, 0.3) is 0 Å². The van der Waals surface area contributed by atoms with Crippen molar-refractivity contribution in [3.63, 3.8) is 0 Å². The fourth-order valence-corrected chi connectivity index (χ4v) is 2.51. The zero-order chi connectivity index (χ0) is 16.7. The average molecular weight is 370 g/mol. The Balaban J connectivity index is 3.29. The van der Waals surface area contributed by atoms with Gasteiger partial charge in [0.2, 0.25) is 12.3 Å². The van der Waals surface area contributed by atoms with Crippen LogP contribution in [0.5, 0.6) is 0 Å². The van der Waals surface area contributed by atoms with Gasteiger partial charge in [0.25, 0.3) is 0 Å². The molecule has 7 heteroatoms. The molecule has 0 saturated carbocycles. The summed E-state index contributed by atoms with van der Waals surface area (Å²) in [5.41, 5.74) is 1.41. The molecule has 1 aromatic rings. The highest BCUT2D eigenvalue weighted by molar-refractivity contribution is 9.10. The van der Waals surface area contributed by atoms with Crippen molar-refractivity contribution < 1.29 is 14.4 Å². The van der Waals surface area contributed by atoms with Gasteiger partial charge in [0, 0.05) is 32.0 Å². The second-order valence-electron chi connectivity index (χ2n) is 4.91. The normalized spacial score (nSPS) is 11.5. The second-order valence-corrected chi connectivity index (χ2v) is 5.83. The molecule has 2 amide bonds. The molecular formula is C15H20BrN3O3. The van der Waals surface area contributed by atoms with E-state index in [1.807, 2.05) is 25.1 Å². The van der Waals surface area contributed by atoms with Crippen LogP contribution in [0.4, 0.5) is 11.4 Å². The molecule has 6 nitrogen and oxygen atoms in total. The number of hydrogen-bond acceptors (Lipinski definition) is 4. The Hall–Kier alpha value is -1.89. The van der Waals surface area contributed by atoms with E-state index in [-0.39, 0.29) is 18.7 Å². The molecule has 0 aliphatic rings. The Labute approximate surface area is 138 Å². The summed E-state index contributed by atoms with van der Waals surface area (Å²) >= 11 is 3.40. The number of carbonyl (C=O) groups excluding carboxylic acids is 3. The van der Waals surface area contributed by atoms with Crippen molar-refractivity contribution in [3.8, 4) is 0 Å². The molecule has 120 valence electrons. The first-order valence-corrected chi connectivity index (χ1v) is 7.61. The molecule has 0 aliphatic carbocycles. The lowest BCUT2D eigenvalue weighted by atomic mass is 10.1. The summed E-state index contributed by atoms with van der Waals surface area (Å²) in [7, 11) is 5.22. The first-order valence-electron chi connectivity index (χ1n) is 6.82. The number of benzene rings is 1. The highest BCUT2D eigenvalue weighted by atomic mass is 79.9. The van der Waals surface area contributed by atoms with E-state index in [0.29, 0.717) is 12.1 Å². The van der Waals surface area contributed by atoms with Gasteiger partial charge < -0.3 is 19.9 Å². The third kappa shape index (κ3) is 4.30. The molecular weight excluding hydrogens is 350 g/mol. The first kappa shape index (κ1) is 18.2. The minimum Gasteiger partial charge on any atom is -0.376 e. The van der Waals surface area contributed by atoms with E-state index < -0.39 is 6.04 Å². The van der Waals surface area contributed by atoms with Crippen molar-refractivity contribution in [1.29, 1.82) is 0 Å². The SMILES string of the molecule is CNC(=O)C(CCC=O)N(C=O)c1ccc(Br)cc1N(C)C. The van der Waals surface area contributed by atoms with Gasteiger partial charge in [-0.05, 0) is 24.6 Å². The summed E-state index contributed by atoms with van der Waals surface area (Å²) in [5, 5.41) is 2.54. The van der Waals surface area contributed by atoms with E-state index in [9.17, 15) is 14.4 Å². The zero-order valence-corrected chi connectivity index (χ0v) is 14.5. The maximum atomic E-state index is 12.1. The van der Waals surface area contributed by atoms with Gasteiger partial charge in [0.15, 0.2) is 0 Å². The van der Waals surface area contributed by atoms with Gasteiger partial charge in [-0.2, -0.15) is 0 Å². The number of amides is 2. The van der Waals surface area contributed by atoms with Gasteiger partial charge >= 0.3 is 0 Å². The van der Waals surface area contributed by atoms with E-state index in [1.165, 1.54) is 11.9 Å². The van der Waals surface area contributed by atoms with Crippen LogP contribution in [-0.2, 0) is 14.4 Å². The van der Waals surface area contributed by atoms with Crippen LogP contribution >= 0.6 is 15.9 Å². The number of likely N-dealkylation sites (N-methyl/N-ethyl adjacent to an activating group) is 1. The molecule has 0 saturated heterocycles. The fraction of sp³-hybridized carbons (Fsp3) is 0.400. The monoisotopic (exact) mass is 369 g/mol. The standard InChI is InChI=1S/C15H20BrN3O3/c1-17-15(22)13(5-4-8-20)19(10-21)12-7-6-11(16)9-14(12)18(2)3/h6-10,13H,4-5H2,1-3H3,(H,17,22). The molecule has 0 fully saturated rings. The Morgan fingerprint density at radius 3 is 2.50 bits per heavy atom. The van der Waals surface area contributed by atoms with Crippen molar-refractivity contribution in [2.24, 2.45) is 0 Å². The first-order chi connectivity index (χ1) is 10.5. The molecule has 1 rings (SSSR count). The van der Waals surface area contributed by atoms with E-state index in [1.54, 1.807) is 12.1 Å². The number of aldehydes is 1. The number of hydrogen-bond donors (Lipinski definition) is 1. The van der Waals surface area contributed by atoms with Gasteiger partial charge in [-0.25, -0.2) is 0 Å². The second kappa shape index (κ2) is 8.53. The van der Waals surface area contributed by atoms with Crippen molar-refractivity contribution in [3.05, 3.63) is 22.7 Å². The van der Waals surface area contributed by atoms with Crippen LogP contribution < -0.4 is 15.1 Å². The van der Waals surface area contributed by atoms with Crippen molar-refractivity contribution >= 4 is 45.9 Å². The Morgan fingerprint density at radius 2 is 2.00 bits per heavy atom. The van der Waals surface area contributed by atoms with Crippen LogP contribution in [0, 0.1) is 0 Å². The summed E-state index contributed by atoms with van der Waals surface area (Å²) in [6.45, 7) is 0. The van der Waals surface area contributed by atoms with Crippen molar-refractivity contribution in [1.82, 2.24) is 5.32 Å². The number of carbonyl (C=O) groups is 3. The molecule has 0 spiro atoms. The quantitative estimate of drug-likeness (QED) is 0.706. The third-order valence-electron chi connectivity index (χ3n) is 3.25. The van der Waals surface area contributed by atoms with Crippen LogP contribution in [0.1, 0.15) is 12.8 Å². The topological polar surface area (TPSA) is 69.7 Å². The molecule has 1 N–H and O–H groups in total. The summed E-state index contributed by atoms with van der Waals surface area (Å²) in [5.74, 6) is -0.304. The van der Waals surface area contributed by atoms with Crippen LogP contribution in [0.2, 0.25) is 0 Å². The fourth-order valence-electron chi connectivity index (χ4n) is 2.16. The molecule has 1 unspecified atom stereocenters.